The third-order valence-corrected chi connectivity index (χ3v) is 4.46. The van der Waals surface area contributed by atoms with Crippen LogP contribution in [0.15, 0.2) is 48.8 Å². The lowest BCUT2D eigenvalue weighted by Crippen LogP contribution is -2.43. The molecule has 0 unspecified atom stereocenters. The number of aromatic nitrogens is 4. The maximum absolute atomic E-state index is 12.5. The first-order valence-electron chi connectivity index (χ1n) is 8.53. The molecular weight excluding hydrogens is 316 g/mol. The third kappa shape index (κ3) is 3.60. The normalized spacial score (nSPS) is 15.4. The van der Waals surface area contributed by atoms with Crippen molar-refractivity contribution in [1.29, 1.82) is 0 Å². The number of benzene rings is 1. The predicted molar refractivity (Wildman–Crippen MR) is 94.2 cm³/mol. The van der Waals surface area contributed by atoms with Gasteiger partial charge in [-0.05, 0) is 31.0 Å². The van der Waals surface area contributed by atoms with Crippen molar-refractivity contribution in [3.05, 3.63) is 54.6 Å². The number of amides is 1. The average Bonchev–Trinajstić information content (AvgIpc) is 3.05. The fraction of sp³-hybridized carbons (Fsp3) is 0.333. The van der Waals surface area contributed by atoms with Gasteiger partial charge in [-0.25, -0.2) is 9.50 Å². The zero-order valence-electron chi connectivity index (χ0n) is 13.9. The third-order valence-electron chi connectivity index (χ3n) is 4.46. The predicted octanol–water partition coefficient (Wildman–Crippen LogP) is 1.77. The lowest BCUT2D eigenvalue weighted by atomic mass is 10.0. The van der Waals surface area contributed by atoms with Gasteiger partial charge >= 0.3 is 0 Å². The van der Waals surface area contributed by atoms with Crippen LogP contribution in [-0.2, 0) is 11.2 Å². The number of anilines is 1. The van der Waals surface area contributed by atoms with Gasteiger partial charge in [0.25, 0.3) is 5.78 Å². The fourth-order valence-electron chi connectivity index (χ4n) is 3.14. The average molecular weight is 336 g/mol. The van der Waals surface area contributed by atoms with Crippen LogP contribution in [0.2, 0.25) is 0 Å². The van der Waals surface area contributed by atoms with Crippen LogP contribution >= 0.6 is 0 Å². The summed E-state index contributed by atoms with van der Waals surface area (Å²) in [5.41, 5.74) is 1.13. The van der Waals surface area contributed by atoms with Gasteiger partial charge in [0.05, 0.1) is 6.42 Å². The van der Waals surface area contributed by atoms with Crippen LogP contribution in [-0.4, -0.2) is 49.5 Å². The van der Waals surface area contributed by atoms with Crippen LogP contribution in [0.4, 0.5) is 5.69 Å². The van der Waals surface area contributed by atoms with E-state index < -0.39 is 0 Å². The quantitative estimate of drug-likeness (QED) is 0.786. The Hall–Kier alpha value is -2.96. The molecule has 25 heavy (non-hydrogen) atoms. The highest BCUT2D eigenvalue weighted by Gasteiger charge is 2.23. The van der Waals surface area contributed by atoms with Gasteiger partial charge in [-0.15, -0.1) is 5.10 Å². The molecule has 0 spiro atoms. The van der Waals surface area contributed by atoms with Crippen molar-refractivity contribution in [2.24, 2.45) is 0 Å². The maximum atomic E-state index is 12.5. The molecule has 2 aromatic heterocycles. The monoisotopic (exact) mass is 336 g/mol. The summed E-state index contributed by atoms with van der Waals surface area (Å²) in [6.45, 7) is 1.52. The number of fused-ring (bicyclic) bond motifs is 1. The number of para-hydroxylation sites is 1. The Morgan fingerprint density at radius 2 is 1.96 bits per heavy atom. The minimum Gasteiger partial charge on any atom is -0.382 e. The number of carbonyl (C=O) groups is 1. The lowest BCUT2D eigenvalue weighted by Gasteiger charge is -2.32. The van der Waals surface area contributed by atoms with E-state index in [1.807, 2.05) is 23.1 Å². The molecule has 1 saturated heterocycles. The Morgan fingerprint density at radius 3 is 2.72 bits per heavy atom. The molecule has 4 rings (SSSR count). The first-order chi connectivity index (χ1) is 12.3. The summed E-state index contributed by atoms with van der Waals surface area (Å²) in [7, 11) is 0. The number of nitrogens with zero attached hydrogens (tertiary/aromatic N) is 5. The number of hydrogen-bond donors (Lipinski definition) is 1. The van der Waals surface area contributed by atoms with Crippen LogP contribution in [0.25, 0.3) is 5.78 Å². The molecule has 0 bridgehead atoms. The molecule has 0 atom stereocenters. The molecule has 7 heteroatoms. The summed E-state index contributed by atoms with van der Waals surface area (Å²) in [5, 5.41) is 7.84. The zero-order chi connectivity index (χ0) is 17.1. The fourth-order valence-corrected chi connectivity index (χ4v) is 3.14. The van der Waals surface area contributed by atoms with Crippen molar-refractivity contribution in [2.75, 3.05) is 18.4 Å². The van der Waals surface area contributed by atoms with Gasteiger partial charge in [0.1, 0.15) is 0 Å². The van der Waals surface area contributed by atoms with E-state index in [0.29, 0.717) is 17.6 Å². The summed E-state index contributed by atoms with van der Waals surface area (Å²) in [6.07, 6.45) is 5.56. The van der Waals surface area contributed by atoms with Crippen molar-refractivity contribution < 1.29 is 4.79 Å². The Bertz CT molecular complexity index is 821. The molecule has 1 aromatic carbocycles. The first-order valence-corrected chi connectivity index (χ1v) is 8.53. The standard InChI is InChI=1S/C18H20N6O/c25-17(13-16-21-18-19-9-4-10-24(18)22-16)23-11-7-15(8-12-23)20-14-5-2-1-3-6-14/h1-6,9-10,15,20H,7-8,11-13H2. The highest BCUT2D eigenvalue weighted by Crippen LogP contribution is 2.17. The van der Waals surface area contributed by atoms with Gasteiger partial charge in [0.2, 0.25) is 5.91 Å². The number of rotatable bonds is 4. The second kappa shape index (κ2) is 6.88. The Labute approximate surface area is 145 Å². The molecule has 3 aromatic rings. The largest absolute Gasteiger partial charge is 0.382 e. The Balaban J connectivity index is 1.32. The van der Waals surface area contributed by atoms with Crippen LogP contribution in [0.3, 0.4) is 0 Å². The summed E-state index contributed by atoms with van der Waals surface area (Å²) < 4.78 is 1.60. The smallest absolute Gasteiger partial charge is 0.252 e. The number of piperidine rings is 1. The van der Waals surface area contributed by atoms with Crippen LogP contribution < -0.4 is 5.32 Å². The summed E-state index contributed by atoms with van der Waals surface area (Å²) >= 11 is 0. The molecule has 7 nitrogen and oxygen atoms in total. The van der Waals surface area contributed by atoms with Crippen LogP contribution in [0.1, 0.15) is 18.7 Å². The van der Waals surface area contributed by atoms with E-state index in [1.165, 1.54) is 0 Å². The van der Waals surface area contributed by atoms with E-state index in [0.717, 1.165) is 31.6 Å². The van der Waals surface area contributed by atoms with Gasteiger partial charge in [0.15, 0.2) is 5.82 Å². The number of carbonyl (C=O) groups excluding carboxylic acids is 1. The Morgan fingerprint density at radius 1 is 1.16 bits per heavy atom. The minimum absolute atomic E-state index is 0.0778. The molecule has 1 aliphatic heterocycles. The van der Waals surface area contributed by atoms with Gasteiger partial charge in [-0.2, -0.15) is 4.98 Å². The summed E-state index contributed by atoms with van der Waals surface area (Å²) in [6, 6.07) is 12.4. The number of nitrogens with one attached hydrogen (secondary N) is 1. The van der Waals surface area contributed by atoms with E-state index in [2.05, 4.69) is 32.5 Å². The zero-order valence-corrected chi connectivity index (χ0v) is 13.9. The van der Waals surface area contributed by atoms with Crippen molar-refractivity contribution in [1.82, 2.24) is 24.5 Å². The van der Waals surface area contributed by atoms with E-state index >= 15 is 0 Å². The summed E-state index contributed by atoms with van der Waals surface area (Å²) in [5.74, 6) is 1.12. The van der Waals surface area contributed by atoms with E-state index in [4.69, 9.17) is 0 Å². The van der Waals surface area contributed by atoms with Gasteiger partial charge in [0, 0.05) is 37.2 Å². The molecular formula is C18H20N6O. The van der Waals surface area contributed by atoms with Crippen molar-refractivity contribution in [3.63, 3.8) is 0 Å². The molecule has 128 valence electrons. The van der Waals surface area contributed by atoms with Gasteiger partial charge in [-0.1, -0.05) is 18.2 Å². The molecule has 1 N–H and O–H groups in total. The van der Waals surface area contributed by atoms with E-state index in [-0.39, 0.29) is 12.3 Å². The first kappa shape index (κ1) is 15.6. The molecule has 1 fully saturated rings. The topological polar surface area (TPSA) is 75.4 Å². The molecule has 0 aliphatic carbocycles. The van der Waals surface area contributed by atoms with E-state index in [1.54, 1.807) is 23.0 Å². The van der Waals surface area contributed by atoms with Crippen molar-refractivity contribution in [3.8, 4) is 0 Å². The van der Waals surface area contributed by atoms with Crippen molar-refractivity contribution in [2.45, 2.75) is 25.3 Å². The Kier molecular flexibility index (Phi) is 4.28. The van der Waals surface area contributed by atoms with Gasteiger partial charge < -0.3 is 10.2 Å². The molecule has 0 radical (unpaired) electrons. The molecule has 0 saturated carbocycles. The molecule has 1 aliphatic rings. The highest BCUT2D eigenvalue weighted by molar-refractivity contribution is 5.78. The number of hydrogen-bond acceptors (Lipinski definition) is 5. The van der Waals surface area contributed by atoms with Crippen molar-refractivity contribution >= 4 is 17.4 Å². The summed E-state index contributed by atoms with van der Waals surface area (Å²) in [4.78, 5) is 22.8. The SMILES string of the molecule is O=C(Cc1nc2ncccn2n1)N1CCC(Nc2ccccc2)CC1. The highest BCUT2D eigenvalue weighted by atomic mass is 16.2. The minimum atomic E-state index is 0.0778. The van der Waals surface area contributed by atoms with E-state index in [9.17, 15) is 4.79 Å². The van der Waals surface area contributed by atoms with Gasteiger partial charge in [-0.3, -0.25) is 4.79 Å². The molecule has 3 heterocycles. The second-order valence-corrected chi connectivity index (χ2v) is 6.23. The second-order valence-electron chi connectivity index (χ2n) is 6.23. The molecule has 1 amide bonds. The van der Waals surface area contributed by atoms with Crippen LogP contribution in [0.5, 0.6) is 0 Å². The maximum Gasteiger partial charge on any atom is 0.252 e. The lowest BCUT2D eigenvalue weighted by molar-refractivity contribution is -0.131. The number of likely N-dealkylation sites (tertiary alicyclic amines) is 1. The van der Waals surface area contributed by atoms with Crippen LogP contribution in [0, 0.1) is 0 Å².